The Morgan fingerprint density at radius 2 is 1.00 bits per heavy atom. The summed E-state index contributed by atoms with van der Waals surface area (Å²) in [6, 6.07) is 5.44. The lowest BCUT2D eigenvalue weighted by molar-refractivity contribution is 0.449. The Kier molecular flexibility index (Phi) is 21.2. The molecule has 0 atom stereocenters. The molecule has 0 radical (unpaired) electrons. The van der Waals surface area contributed by atoms with Crippen molar-refractivity contribution in [3.8, 4) is 0 Å². The molecule has 0 amide bonds. The van der Waals surface area contributed by atoms with Crippen LogP contribution >= 0.6 is 0 Å². The molecule has 0 unspecified atom stereocenters. The maximum absolute atomic E-state index is 12.1. The Labute approximate surface area is 229 Å². The molecule has 3 nitrogen and oxygen atoms in total. The summed E-state index contributed by atoms with van der Waals surface area (Å²) in [4.78, 5) is 0.0655. The number of rotatable bonds is 26. The van der Waals surface area contributed by atoms with Gasteiger partial charge in [-0.2, -0.15) is 8.42 Å². The molecule has 0 aliphatic carbocycles. The third-order valence-electron chi connectivity index (χ3n) is 7.55. The first-order chi connectivity index (χ1) is 18.0. The number of alkyl halides is 1. The fraction of sp³-hybridized carbons (Fsp3) is 0.812. The lowest BCUT2D eigenvalue weighted by Crippen LogP contribution is -2.04. The summed E-state index contributed by atoms with van der Waals surface area (Å²) in [6.45, 7) is 2.05. The third kappa shape index (κ3) is 18.9. The molecule has 0 aliphatic heterocycles. The highest BCUT2D eigenvalue weighted by Crippen LogP contribution is 2.22. The van der Waals surface area contributed by atoms with Crippen LogP contribution in [-0.2, 0) is 23.0 Å². The van der Waals surface area contributed by atoms with Crippen LogP contribution in [0.15, 0.2) is 23.1 Å². The van der Waals surface area contributed by atoms with Gasteiger partial charge in [-0.3, -0.25) is 8.94 Å². The highest BCUT2D eigenvalue weighted by molar-refractivity contribution is 7.85. The van der Waals surface area contributed by atoms with Crippen LogP contribution in [0.4, 0.5) is 4.39 Å². The molecule has 0 saturated carbocycles. The summed E-state index contributed by atoms with van der Waals surface area (Å²) in [6.07, 6.45) is 28.7. The molecule has 5 heteroatoms. The van der Waals surface area contributed by atoms with E-state index in [1.54, 1.807) is 6.07 Å². The molecule has 37 heavy (non-hydrogen) atoms. The van der Waals surface area contributed by atoms with E-state index in [0.717, 1.165) is 56.9 Å². The van der Waals surface area contributed by atoms with Crippen LogP contribution in [0.25, 0.3) is 0 Å². The lowest BCUT2D eigenvalue weighted by Gasteiger charge is -2.10. The summed E-state index contributed by atoms with van der Waals surface area (Å²) in [5, 5.41) is 0. The van der Waals surface area contributed by atoms with E-state index in [2.05, 4.69) is 6.92 Å². The van der Waals surface area contributed by atoms with Crippen molar-refractivity contribution >= 4 is 10.1 Å². The molecule has 1 N–H and O–H groups in total. The predicted octanol–water partition coefficient (Wildman–Crippen LogP) is 10.6. The van der Waals surface area contributed by atoms with Crippen LogP contribution < -0.4 is 0 Å². The van der Waals surface area contributed by atoms with E-state index >= 15 is 0 Å². The Hall–Kier alpha value is -0.940. The Morgan fingerprint density at radius 3 is 1.43 bits per heavy atom. The van der Waals surface area contributed by atoms with Gasteiger partial charge in [-0.05, 0) is 49.3 Å². The van der Waals surface area contributed by atoms with Gasteiger partial charge in [0, 0.05) is 0 Å². The molecular weight excluding hydrogens is 483 g/mol. The van der Waals surface area contributed by atoms with E-state index < -0.39 is 10.1 Å². The zero-order valence-electron chi connectivity index (χ0n) is 24.0. The molecule has 0 fully saturated rings. The average molecular weight is 541 g/mol. The second-order valence-electron chi connectivity index (χ2n) is 11.0. The van der Waals surface area contributed by atoms with Gasteiger partial charge in [-0.1, -0.05) is 141 Å². The standard InChI is InChI=1S/C32H57FO3S/c1-2-3-4-5-6-7-8-9-10-11-12-13-15-18-21-24-30-26-27-32(37(34,35)36)31(29-30)25-22-19-16-14-17-20-23-28-33/h26-27,29H,2-25,28H2,1H3,(H,34,35,36). The van der Waals surface area contributed by atoms with E-state index in [-0.39, 0.29) is 11.6 Å². The number of aryl methyl sites for hydroxylation is 2. The largest absolute Gasteiger partial charge is 0.294 e. The fourth-order valence-corrected chi connectivity index (χ4v) is 5.96. The zero-order chi connectivity index (χ0) is 27.0. The molecule has 0 aromatic heterocycles. The van der Waals surface area contributed by atoms with Crippen molar-refractivity contribution in [2.24, 2.45) is 0 Å². The molecule has 0 heterocycles. The highest BCUT2D eigenvalue weighted by atomic mass is 32.2. The first kappa shape index (κ1) is 34.1. The minimum absolute atomic E-state index is 0.0655. The van der Waals surface area contributed by atoms with Crippen LogP contribution in [0, 0.1) is 0 Å². The van der Waals surface area contributed by atoms with Crippen LogP contribution in [0.5, 0.6) is 0 Å². The predicted molar refractivity (Wildman–Crippen MR) is 157 cm³/mol. The van der Waals surface area contributed by atoms with Crippen molar-refractivity contribution < 1.29 is 17.4 Å². The second kappa shape index (κ2) is 23.0. The average Bonchev–Trinajstić information content (AvgIpc) is 2.87. The minimum Gasteiger partial charge on any atom is -0.282 e. The number of halogens is 1. The summed E-state index contributed by atoms with van der Waals surface area (Å²) in [7, 11) is -4.19. The maximum Gasteiger partial charge on any atom is 0.294 e. The van der Waals surface area contributed by atoms with Crippen LogP contribution in [0.2, 0.25) is 0 Å². The van der Waals surface area contributed by atoms with Gasteiger partial charge >= 0.3 is 0 Å². The van der Waals surface area contributed by atoms with Gasteiger partial charge in [0.1, 0.15) is 0 Å². The lowest BCUT2D eigenvalue weighted by atomic mass is 9.99. The molecule has 1 aromatic rings. The van der Waals surface area contributed by atoms with Crippen molar-refractivity contribution in [1.82, 2.24) is 0 Å². The summed E-state index contributed by atoms with van der Waals surface area (Å²) >= 11 is 0. The van der Waals surface area contributed by atoms with Crippen molar-refractivity contribution in [2.75, 3.05) is 6.67 Å². The monoisotopic (exact) mass is 540 g/mol. The molecule has 0 bridgehead atoms. The number of hydrogen-bond donors (Lipinski definition) is 1. The molecular formula is C32H57FO3S. The van der Waals surface area contributed by atoms with Gasteiger partial charge in [0.25, 0.3) is 10.1 Å². The molecule has 1 aromatic carbocycles. The number of unbranched alkanes of at least 4 members (excludes halogenated alkanes) is 20. The minimum atomic E-state index is -4.19. The smallest absolute Gasteiger partial charge is 0.282 e. The highest BCUT2D eigenvalue weighted by Gasteiger charge is 2.15. The molecule has 0 aliphatic rings. The Bertz CT molecular complexity index is 763. The van der Waals surface area contributed by atoms with Gasteiger partial charge in [0.15, 0.2) is 0 Å². The van der Waals surface area contributed by atoms with Gasteiger partial charge < -0.3 is 0 Å². The summed E-state index contributed by atoms with van der Waals surface area (Å²) < 4.78 is 45.5. The normalized spacial score (nSPS) is 11.9. The quantitative estimate of drug-likeness (QED) is 0.0939. The Balaban J connectivity index is 2.18. The van der Waals surface area contributed by atoms with Crippen LogP contribution in [-0.4, -0.2) is 19.6 Å². The molecule has 0 saturated heterocycles. The van der Waals surface area contributed by atoms with Crippen molar-refractivity contribution in [3.05, 3.63) is 29.3 Å². The summed E-state index contributed by atoms with van der Waals surface area (Å²) in [5.41, 5.74) is 1.92. The molecule has 1 rings (SSSR count). The molecule has 216 valence electrons. The van der Waals surface area contributed by atoms with Crippen LogP contribution in [0.3, 0.4) is 0 Å². The van der Waals surface area contributed by atoms with Crippen molar-refractivity contribution in [2.45, 2.75) is 166 Å². The van der Waals surface area contributed by atoms with E-state index in [9.17, 15) is 17.4 Å². The first-order valence-electron chi connectivity index (χ1n) is 15.6. The van der Waals surface area contributed by atoms with E-state index in [4.69, 9.17) is 0 Å². The second-order valence-corrected chi connectivity index (χ2v) is 12.4. The third-order valence-corrected chi connectivity index (χ3v) is 8.51. The van der Waals surface area contributed by atoms with E-state index in [0.29, 0.717) is 12.8 Å². The molecule has 0 spiro atoms. The number of benzene rings is 1. The van der Waals surface area contributed by atoms with Crippen LogP contribution in [0.1, 0.15) is 159 Å². The SMILES string of the molecule is CCCCCCCCCCCCCCCCCc1ccc(S(=O)(=O)O)c(CCCCCCCCCF)c1. The zero-order valence-corrected chi connectivity index (χ0v) is 24.8. The Morgan fingerprint density at radius 1 is 0.595 bits per heavy atom. The van der Waals surface area contributed by atoms with Gasteiger partial charge in [0.2, 0.25) is 0 Å². The first-order valence-corrected chi connectivity index (χ1v) is 17.1. The van der Waals surface area contributed by atoms with Gasteiger partial charge in [-0.15, -0.1) is 0 Å². The van der Waals surface area contributed by atoms with Crippen molar-refractivity contribution in [1.29, 1.82) is 0 Å². The van der Waals surface area contributed by atoms with E-state index in [1.165, 1.54) is 95.5 Å². The maximum atomic E-state index is 12.1. The van der Waals surface area contributed by atoms with Gasteiger partial charge in [-0.25, -0.2) is 0 Å². The topological polar surface area (TPSA) is 54.4 Å². The summed E-state index contributed by atoms with van der Waals surface area (Å²) in [5.74, 6) is 0. The van der Waals surface area contributed by atoms with E-state index in [1.807, 2.05) is 12.1 Å². The number of hydrogen-bond acceptors (Lipinski definition) is 2. The van der Waals surface area contributed by atoms with Crippen molar-refractivity contribution in [3.63, 3.8) is 0 Å². The van der Waals surface area contributed by atoms with Gasteiger partial charge in [0.05, 0.1) is 11.6 Å². The fourth-order valence-electron chi connectivity index (χ4n) is 5.23.